The third-order valence-electron chi connectivity index (χ3n) is 1.85. The molecule has 0 unspecified atom stereocenters. The molecule has 1 rings (SSSR count). The minimum Gasteiger partial charge on any atom is -0.481 e. The number of primary amides is 1. The van der Waals surface area contributed by atoms with Gasteiger partial charge in [0.05, 0.1) is 0 Å². The van der Waals surface area contributed by atoms with E-state index in [1.807, 2.05) is 0 Å². The Labute approximate surface area is 86.9 Å². The monoisotopic (exact) mass is 208 g/mol. The first-order valence-corrected chi connectivity index (χ1v) is 4.45. The van der Waals surface area contributed by atoms with E-state index in [-0.39, 0.29) is 6.42 Å². The summed E-state index contributed by atoms with van der Waals surface area (Å²) in [6, 6.07) is 6.26. The Balaban J connectivity index is 2.56. The first-order chi connectivity index (χ1) is 7.08. The molecule has 1 aromatic carbocycles. The van der Waals surface area contributed by atoms with Crippen molar-refractivity contribution in [3.05, 3.63) is 29.8 Å². The molecule has 0 saturated heterocycles. The fraction of sp³-hybridized carbons (Fsp3) is 0.200. The van der Waals surface area contributed by atoms with Gasteiger partial charge in [-0.05, 0) is 24.1 Å². The smallest absolute Gasteiger partial charge is 0.316 e. The van der Waals surface area contributed by atoms with Crippen LogP contribution in [-0.4, -0.2) is 17.1 Å². The lowest BCUT2D eigenvalue weighted by Crippen LogP contribution is -2.19. The minimum absolute atomic E-state index is 0.0998. The zero-order valence-corrected chi connectivity index (χ0v) is 8.06. The Hall–Kier alpha value is -2.04. The standard InChI is InChI=1S/C10H12N2O3/c11-10(15)12-8-4-1-7(2-5-8)3-6-9(13)14/h1-2,4-5H,3,6H2,(H,13,14)(H3,11,12,15). The Morgan fingerprint density at radius 1 is 1.27 bits per heavy atom. The number of carbonyl (C=O) groups excluding carboxylic acids is 1. The Kier molecular flexibility index (Phi) is 3.68. The Bertz CT molecular complexity index is 359. The van der Waals surface area contributed by atoms with Gasteiger partial charge in [-0.1, -0.05) is 12.1 Å². The predicted octanol–water partition coefficient (Wildman–Crippen LogP) is 1.19. The summed E-state index contributed by atoms with van der Waals surface area (Å²) in [6.45, 7) is 0. The van der Waals surface area contributed by atoms with Gasteiger partial charge in [0.15, 0.2) is 0 Å². The van der Waals surface area contributed by atoms with Crippen LogP contribution >= 0.6 is 0 Å². The van der Waals surface area contributed by atoms with Crippen LogP contribution in [0.25, 0.3) is 0 Å². The lowest BCUT2D eigenvalue weighted by molar-refractivity contribution is -0.136. The number of carbonyl (C=O) groups is 2. The number of amides is 2. The summed E-state index contributed by atoms with van der Waals surface area (Å²) >= 11 is 0. The molecular formula is C10H12N2O3. The molecule has 5 heteroatoms. The molecule has 2 amide bonds. The van der Waals surface area contributed by atoms with Gasteiger partial charge in [0, 0.05) is 12.1 Å². The van der Waals surface area contributed by atoms with Crippen molar-refractivity contribution < 1.29 is 14.7 Å². The van der Waals surface area contributed by atoms with Crippen LogP contribution in [-0.2, 0) is 11.2 Å². The van der Waals surface area contributed by atoms with Crippen molar-refractivity contribution in [2.75, 3.05) is 5.32 Å². The number of rotatable bonds is 4. The van der Waals surface area contributed by atoms with Crippen LogP contribution in [0, 0.1) is 0 Å². The molecule has 15 heavy (non-hydrogen) atoms. The van der Waals surface area contributed by atoms with Gasteiger partial charge < -0.3 is 16.2 Å². The van der Waals surface area contributed by atoms with Crippen molar-refractivity contribution in [2.24, 2.45) is 5.73 Å². The summed E-state index contributed by atoms with van der Waals surface area (Å²) in [6.07, 6.45) is 0.578. The molecule has 0 aliphatic heterocycles. The first-order valence-electron chi connectivity index (χ1n) is 4.45. The third kappa shape index (κ3) is 4.12. The number of nitrogens with one attached hydrogen (secondary N) is 1. The molecule has 1 aromatic rings. The number of hydrogen-bond acceptors (Lipinski definition) is 2. The highest BCUT2D eigenvalue weighted by molar-refractivity contribution is 5.87. The van der Waals surface area contributed by atoms with Crippen LogP contribution in [0.2, 0.25) is 0 Å². The second-order valence-corrected chi connectivity index (χ2v) is 3.08. The second kappa shape index (κ2) is 4.99. The highest BCUT2D eigenvalue weighted by Crippen LogP contribution is 2.10. The largest absolute Gasteiger partial charge is 0.481 e. The summed E-state index contributed by atoms with van der Waals surface area (Å²) < 4.78 is 0. The van der Waals surface area contributed by atoms with Crippen molar-refractivity contribution in [3.63, 3.8) is 0 Å². The lowest BCUT2D eigenvalue weighted by atomic mass is 10.1. The van der Waals surface area contributed by atoms with E-state index in [0.29, 0.717) is 12.1 Å². The molecule has 0 aliphatic carbocycles. The van der Waals surface area contributed by atoms with E-state index in [0.717, 1.165) is 5.56 Å². The SMILES string of the molecule is NC(=O)Nc1ccc(CCC(=O)O)cc1. The molecular weight excluding hydrogens is 196 g/mol. The average Bonchev–Trinajstić information content (AvgIpc) is 2.16. The summed E-state index contributed by atoms with van der Waals surface area (Å²) in [4.78, 5) is 20.8. The molecule has 0 aromatic heterocycles. The number of anilines is 1. The number of aliphatic carboxylic acids is 1. The number of nitrogens with two attached hydrogens (primary N) is 1. The first kappa shape index (κ1) is 11.0. The maximum atomic E-state index is 10.5. The van der Waals surface area contributed by atoms with Crippen LogP contribution in [0.1, 0.15) is 12.0 Å². The summed E-state index contributed by atoms with van der Waals surface area (Å²) in [5.74, 6) is -0.825. The second-order valence-electron chi connectivity index (χ2n) is 3.08. The number of benzene rings is 1. The molecule has 0 saturated carbocycles. The molecule has 0 bridgehead atoms. The fourth-order valence-corrected chi connectivity index (χ4v) is 1.15. The highest BCUT2D eigenvalue weighted by atomic mass is 16.4. The van der Waals surface area contributed by atoms with E-state index < -0.39 is 12.0 Å². The summed E-state index contributed by atoms with van der Waals surface area (Å²) in [7, 11) is 0. The average molecular weight is 208 g/mol. The van der Waals surface area contributed by atoms with Gasteiger partial charge in [0.25, 0.3) is 0 Å². The molecule has 0 aliphatic rings. The van der Waals surface area contributed by atoms with Crippen molar-refractivity contribution in [1.82, 2.24) is 0 Å². The van der Waals surface area contributed by atoms with E-state index in [9.17, 15) is 9.59 Å². The number of urea groups is 1. The normalized spacial score (nSPS) is 9.60. The third-order valence-corrected chi connectivity index (χ3v) is 1.85. The zero-order chi connectivity index (χ0) is 11.3. The van der Waals surface area contributed by atoms with E-state index in [1.165, 1.54) is 0 Å². The summed E-state index contributed by atoms with van der Waals surface area (Å²) in [5, 5.41) is 10.9. The molecule has 0 fully saturated rings. The van der Waals surface area contributed by atoms with Gasteiger partial charge in [-0.25, -0.2) is 4.79 Å². The molecule has 5 nitrogen and oxygen atoms in total. The molecule has 0 spiro atoms. The topological polar surface area (TPSA) is 92.4 Å². The molecule has 0 radical (unpaired) electrons. The maximum Gasteiger partial charge on any atom is 0.316 e. The number of carboxylic acids is 1. The van der Waals surface area contributed by atoms with Crippen molar-refractivity contribution in [2.45, 2.75) is 12.8 Å². The lowest BCUT2D eigenvalue weighted by Gasteiger charge is -2.03. The van der Waals surface area contributed by atoms with Crippen LogP contribution in [0.3, 0.4) is 0 Å². The van der Waals surface area contributed by atoms with E-state index >= 15 is 0 Å². The van der Waals surface area contributed by atoms with Crippen molar-refractivity contribution in [1.29, 1.82) is 0 Å². The van der Waals surface area contributed by atoms with Gasteiger partial charge in [0.2, 0.25) is 0 Å². The molecule has 4 N–H and O–H groups in total. The highest BCUT2D eigenvalue weighted by Gasteiger charge is 2.00. The number of hydrogen-bond donors (Lipinski definition) is 3. The van der Waals surface area contributed by atoms with Crippen LogP contribution in [0.5, 0.6) is 0 Å². The maximum absolute atomic E-state index is 10.5. The van der Waals surface area contributed by atoms with Crippen molar-refractivity contribution >= 4 is 17.7 Å². The van der Waals surface area contributed by atoms with Gasteiger partial charge in [0.1, 0.15) is 0 Å². The van der Waals surface area contributed by atoms with Gasteiger partial charge in [-0.2, -0.15) is 0 Å². The predicted molar refractivity (Wildman–Crippen MR) is 55.6 cm³/mol. The summed E-state index contributed by atoms with van der Waals surface area (Å²) in [5.41, 5.74) is 6.44. The molecule has 80 valence electrons. The van der Waals surface area contributed by atoms with Gasteiger partial charge in [-0.3, -0.25) is 4.79 Å². The number of carboxylic acid groups (broad SMARTS) is 1. The zero-order valence-electron chi connectivity index (χ0n) is 8.06. The quantitative estimate of drug-likeness (QED) is 0.694. The van der Waals surface area contributed by atoms with Crippen LogP contribution < -0.4 is 11.1 Å². The Morgan fingerprint density at radius 2 is 1.87 bits per heavy atom. The van der Waals surface area contributed by atoms with E-state index in [4.69, 9.17) is 10.8 Å². The molecule has 0 heterocycles. The minimum atomic E-state index is -0.825. The van der Waals surface area contributed by atoms with E-state index in [2.05, 4.69) is 5.32 Å². The number of aryl methyl sites for hydroxylation is 1. The fourth-order valence-electron chi connectivity index (χ4n) is 1.15. The molecule has 0 atom stereocenters. The van der Waals surface area contributed by atoms with Gasteiger partial charge in [-0.15, -0.1) is 0 Å². The van der Waals surface area contributed by atoms with Crippen molar-refractivity contribution in [3.8, 4) is 0 Å². The van der Waals surface area contributed by atoms with E-state index in [1.54, 1.807) is 24.3 Å². The Morgan fingerprint density at radius 3 is 2.33 bits per heavy atom. The van der Waals surface area contributed by atoms with Gasteiger partial charge >= 0.3 is 12.0 Å². The van der Waals surface area contributed by atoms with Crippen LogP contribution in [0.4, 0.5) is 10.5 Å². The van der Waals surface area contributed by atoms with Crippen LogP contribution in [0.15, 0.2) is 24.3 Å².